The Morgan fingerprint density at radius 2 is 2.05 bits per heavy atom. The Labute approximate surface area is 131 Å². The largest absolute Gasteiger partial charge is 0.326 e. The lowest BCUT2D eigenvalue weighted by molar-refractivity contribution is -0.121. The monoisotopic (exact) mass is 311 g/mol. The predicted octanol–water partition coefficient (Wildman–Crippen LogP) is 5.41. The fourth-order valence-electron chi connectivity index (χ4n) is 3.02. The van der Waals surface area contributed by atoms with Crippen LogP contribution in [0.25, 0.3) is 0 Å². The molecule has 1 fully saturated rings. The number of hydrogen-bond donors (Lipinski definition) is 1. The van der Waals surface area contributed by atoms with Crippen molar-refractivity contribution in [3.05, 3.63) is 29.0 Å². The number of benzene rings is 1. The zero-order valence-corrected chi connectivity index (χ0v) is 13.3. The number of halogens is 2. The van der Waals surface area contributed by atoms with Crippen molar-refractivity contribution in [3.63, 3.8) is 0 Å². The molecule has 1 amide bonds. The van der Waals surface area contributed by atoms with Gasteiger partial charge in [-0.25, -0.2) is 4.39 Å². The maximum atomic E-state index is 13.1. The Balaban J connectivity index is 1.83. The molecule has 0 unspecified atom stereocenters. The van der Waals surface area contributed by atoms with Crippen LogP contribution in [0.3, 0.4) is 0 Å². The quantitative estimate of drug-likeness (QED) is 0.773. The number of nitrogens with one attached hydrogen (secondary N) is 1. The van der Waals surface area contributed by atoms with E-state index in [1.807, 2.05) is 0 Å². The minimum atomic E-state index is -0.467. The average Bonchev–Trinajstić information content (AvgIpc) is 2.49. The lowest BCUT2D eigenvalue weighted by Crippen LogP contribution is -2.27. The highest BCUT2D eigenvalue weighted by Gasteiger charge is 2.26. The zero-order chi connectivity index (χ0) is 15.2. The zero-order valence-electron chi connectivity index (χ0n) is 12.5. The summed E-state index contributed by atoms with van der Waals surface area (Å²) in [7, 11) is 0. The molecule has 0 atom stereocenters. The first-order valence-corrected chi connectivity index (χ1v) is 8.24. The van der Waals surface area contributed by atoms with Crippen LogP contribution in [-0.2, 0) is 4.79 Å². The lowest BCUT2D eigenvalue weighted by Gasteiger charge is -2.27. The second-order valence-electron chi connectivity index (χ2n) is 5.98. The van der Waals surface area contributed by atoms with Crippen LogP contribution in [-0.4, -0.2) is 5.91 Å². The maximum Gasteiger partial charge on any atom is 0.227 e. The highest BCUT2D eigenvalue weighted by molar-refractivity contribution is 6.31. The Hall–Kier alpha value is -1.09. The number of carbonyl (C=O) groups is 1. The molecule has 1 saturated carbocycles. The van der Waals surface area contributed by atoms with E-state index in [0.29, 0.717) is 5.69 Å². The Kier molecular flexibility index (Phi) is 6.04. The number of rotatable bonds is 5. The SMILES string of the molecule is CCCCC1CCC(C(=O)Nc2ccc(F)c(Cl)c2)CC1. The third kappa shape index (κ3) is 4.70. The van der Waals surface area contributed by atoms with Crippen LogP contribution in [0.5, 0.6) is 0 Å². The van der Waals surface area contributed by atoms with Crippen molar-refractivity contribution in [1.29, 1.82) is 0 Å². The van der Waals surface area contributed by atoms with Crippen molar-refractivity contribution in [2.45, 2.75) is 51.9 Å². The van der Waals surface area contributed by atoms with Crippen molar-refractivity contribution >= 4 is 23.2 Å². The summed E-state index contributed by atoms with van der Waals surface area (Å²) in [6.45, 7) is 2.22. The van der Waals surface area contributed by atoms with E-state index in [1.54, 1.807) is 6.07 Å². The fraction of sp³-hybridized carbons (Fsp3) is 0.588. The van der Waals surface area contributed by atoms with Crippen LogP contribution < -0.4 is 5.32 Å². The minimum absolute atomic E-state index is 0.0339. The van der Waals surface area contributed by atoms with Crippen LogP contribution in [0.4, 0.5) is 10.1 Å². The number of anilines is 1. The van der Waals surface area contributed by atoms with Crippen LogP contribution in [0.15, 0.2) is 18.2 Å². The molecule has 21 heavy (non-hydrogen) atoms. The molecule has 1 aromatic carbocycles. The van der Waals surface area contributed by atoms with Gasteiger partial charge in [-0.15, -0.1) is 0 Å². The molecular weight excluding hydrogens is 289 g/mol. The lowest BCUT2D eigenvalue weighted by atomic mass is 9.79. The number of unbranched alkanes of at least 4 members (excludes halogenated alkanes) is 1. The van der Waals surface area contributed by atoms with Gasteiger partial charge in [-0.2, -0.15) is 0 Å². The highest BCUT2D eigenvalue weighted by atomic mass is 35.5. The van der Waals surface area contributed by atoms with Crippen molar-refractivity contribution in [1.82, 2.24) is 0 Å². The van der Waals surface area contributed by atoms with Crippen LogP contribution in [0.2, 0.25) is 5.02 Å². The third-order valence-electron chi connectivity index (χ3n) is 4.37. The first-order chi connectivity index (χ1) is 10.1. The number of amides is 1. The van der Waals surface area contributed by atoms with E-state index in [1.165, 1.54) is 31.4 Å². The van der Waals surface area contributed by atoms with E-state index in [4.69, 9.17) is 11.6 Å². The van der Waals surface area contributed by atoms with Gasteiger partial charge in [0.25, 0.3) is 0 Å². The summed E-state index contributed by atoms with van der Waals surface area (Å²) in [5, 5.41) is 2.89. The van der Waals surface area contributed by atoms with E-state index in [9.17, 15) is 9.18 Å². The van der Waals surface area contributed by atoms with Crippen LogP contribution in [0.1, 0.15) is 51.9 Å². The average molecular weight is 312 g/mol. The standard InChI is InChI=1S/C17H23ClFNO/c1-2-3-4-12-5-7-13(8-6-12)17(21)20-14-9-10-16(19)15(18)11-14/h9-13H,2-8H2,1H3,(H,20,21). The summed E-state index contributed by atoms with van der Waals surface area (Å²) in [5.74, 6) is 0.429. The van der Waals surface area contributed by atoms with Gasteiger partial charge in [0.05, 0.1) is 5.02 Å². The van der Waals surface area contributed by atoms with Gasteiger partial charge in [0.1, 0.15) is 5.82 Å². The van der Waals surface area contributed by atoms with Gasteiger partial charge in [0.2, 0.25) is 5.91 Å². The van der Waals surface area contributed by atoms with Gasteiger partial charge in [-0.05, 0) is 49.8 Å². The fourth-order valence-corrected chi connectivity index (χ4v) is 3.20. The Morgan fingerprint density at radius 1 is 1.33 bits per heavy atom. The topological polar surface area (TPSA) is 29.1 Å². The van der Waals surface area contributed by atoms with Gasteiger partial charge in [-0.3, -0.25) is 4.79 Å². The molecule has 0 heterocycles. The molecule has 0 aliphatic heterocycles. The molecule has 0 aromatic heterocycles. The molecule has 0 bridgehead atoms. The maximum absolute atomic E-state index is 13.1. The Morgan fingerprint density at radius 3 is 2.67 bits per heavy atom. The third-order valence-corrected chi connectivity index (χ3v) is 4.66. The van der Waals surface area contributed by atoms with Gasteiger partial charge in [-0.1, -0.05) is 37.8 Å². The summed E-state index contributed by atoms with van der Waals surface area (Å²) in [6, 6.07) is 4.28. The first-order valence-electron chi connectivity index (χ1n) is 7.86. The molecular formula is C17H23ClFNO. The van der Waals surface area contributed by atoms with Gasteiger partial charge in [0.15, 0.2) is 0 Å². The predicted molar refractivity (Wildman–Crippen MR) is 85.0 cm³/mol. The molecule has 0 radical (unpaired) electrons. The van der Waals surface area contributed by atoms with Gasteiger partial charge >= 0.3 is 0 Å². The van der Waals surface area contributed by atoms with E-state index < -0.39 is 5.82 Å². The van der Waals surface area contributed by atoms with E-state index in [-0.39, 0.29) is 16.8 Å². The number of carbonyl (C=O) groups excluding carboxylic acids is 1. The van der Waals surface area contributed by atoms with Crippen molar-refractivity contribution in [2.24, 2.45) is 11.8 Å². The van der Waals surface area contributed by atoms with Crippen molar-refractivity contribution in [2.75, 3.05) is 5.32 Å². The smallest absolute Gasteiger partial charge is 0.227 e. The molecule has 2 nitrogen and oxygen atoms in total. The molecule has 1 N–H and O–H groups in total. The van der Waals surface area contributed by atoms with E-state index in [2.05, 4.69) is 12.2 Å². The van der Waals surface area contributed by atoms with Crippen LogP contribution in [0, 0.1) is 17.7 Å². The molecule has 116 valence electrons. The molecule has 1 aromatic rings. The number of hydrogen-bond acceptors (Lipinski definition) is 1. The summed E-state index contributed by atoms with van der Waals surface area (Å²) in [5.41, 5.74) is 0.569. The summed E-state index contributed by atoms with van der Waals surface area (Å²) in [6.07, 6.45) is 8.01. The van der Waals surface area contributed by atoms with Crippen molar-refractivity contribution in [3.8, 4) is 0 Å². The minimum Gasteiger partial charge on any atom is -0.326 e. The summed E-state index contributed by atoms with van der Waals surface area (Å²) >= 11 is 5.72. The Bertz CT molecular complexity index is 484. The van der Waals surface area contributed by atoms with Crippen molar-refractivity contribution < 1.29 is 9.18 Å². The molecule has 0 spiro atoms. The summed E-state index contributed by atoms with van der Waals surface area (Å²) in [4.78, 5) is 12.2. The molecule has 4 heteroatoms. The van der Waals surface area contributed by atoms with Gasteiger partial charge < -0.3 is 5.32 Å². The van der Waals surface area contributed by atoms with Crippen LogP contribution >= 0.6 is 11.6 Å². The van der Waals surface area contributed by atoms with E-state index >= 15 is 0 Å². The molecule has 1 aliphatic rings. The molecule has 0 saturated heterocycles. The molecule has 1 aliphatic carbocycles. The first kappa shape index (κ1) is 16.3. The second-order valence-corrected chi connectivity index (χ2v) is 6.39. The molecule has 2 rings (SSSR count). The van der Waals surface area contributed by atoms with Gasteiger partial charge in [0, 0.05) is 11.6 Å². The highest BCUT2D eigenvalue weighted by Crippen LogP contribution is 2.32. The second kappa shape index (κ2) is 7.79. The summed E-state index contributed by atoms with van der Waals surface area (Å²) < 4.78 is 13.1. The van der Waals surface area contributed by atoms with E-state index in [0.717, 1.165) is 31.6 Å². The normalized spacial score (nSPS) is 22.0.